The summed E-state index contributed by atoms with van der Waals surface area (Å²) in [6.07, 6.45) is -4.59. The zero-order valence-electron chi connectivity index (χ0n) is 14.1. The van der Waals surface area contributed by atoms with Crippen molar-refractivity contribution in [2.45, 2.75) is 24.0 Å². The van der Waals surface area contributed by atoms with Gasteiger partial charge >= 0.3 is 12.1 Å². The summed E-state index contributed by atoms with van der Waals surface area (Å²) in [7, 11) is 1.24. The van der Waals surface area contributed by atoms with Gasteiger partial charge in [0.2, 0.25) is 11.6 Å². The van der Waals surface area contributed by atoms with Crippen molar-refractivity contribution in [3.8, 4) is 0 Å². The number of benzene rings is 1. The van der Waals surface area contributed by atoms with Gasteiger partial charge in [0.15, 0.2) is 5.16 Å². The van der Waals surface area contributed by atoms with Crippen molar-refractivity contribution in [3.05, 3.63) is 39.8 Å². The first-order valence-corrected chi connectivity index (χ1v) is 9.47. The molecule has 6 nitrogen and oxygen atoms in total. The molecule has 0 N–H and O–H groups in total. The molecule has 0 aliphatic carbocycles. The Hall–Kier alpha value is -2.01. The minimum Gasteiger partial charge on any atom is -0.460 e. The molecule has 0 spiro atoms. The highest BCUT2D eigenvalue weighted by Crippen LogP contribution is 2.35. The number of thioether (sulfide) groups is 1. The number of furan rings is 1. The molecule has 0 fully saturated rings. The summed E-state index contributed by atoms with van der Waals surface area (Å²) in [6.45, 7) is 1.84. The molecule has 2 heterocycles. The number of rotatable bonds is 5. The van der Waals surface area contributed by atoms with Crippen LogP contribution in [0.3, 0.4) is 0 Å². The summed E-state index contributed by atoms with van der Waals surface area (Å²) in [5, 5.41) is 7.52. The fourth-order valence-corrected chi connectivity index (χ4v) is 3.75. The van der Waals surface area contributed by atoms with Crippen molar-refractivity contribution in [3.63, 3.8) is 0 Å². The second-order valence-electron chi connectivity index (χ2n) is 5.42. The lowest BCUT2D eigenvalue weighted by atomic mass is 10.1. The Morgan fingerprint density at radius 3 is 2.74 bits per heavy atom. The highest BCUT2D eigenvalue weighted by Gasteiger charge is 2.37. The number of alkyl halides is 3. The van der Waals surface area contributed by atoms with Gasteiger partial charge in [-0.25, -0.2) is 4.79 Å². The van der Waals surface area contributed by atoms with Crippen molar-refractivity contribution in [1.29, 1.82) is 0 Å². The highest BCUT2D eigenvalue weighted by molar-refractivity contribution is 9.10. The van der Waals surface area contributed by atoms with Crippen LogP contribution in [0.5, 0.6) is 0 Å². The van der Waals surface area contributed by atoms with Gasteiger partial charge in [0.1, 0.15) is 5.58 Å². The van der Waals surface area contributed by atoms with Gasteiger partial charge in [0, 0.05) is 28.2 Å². The monoisotopic (exact) mass is 463 g/mol. The first-order chi connectivity index (χ1) is 12.7. The minimum atomic E-state index is -4.59. The van der Waals surface area contributed by atoms with Crippen LogP contribution in [0.4, 0.5) is 13.2 Å². The zero-order valence-corrected chi connectivity index (χ0v) is 16.5. The Morgan fingerprint density at radius 2 is 2.11 bits per heavy atom. The number of carbonyl (C=O) groups is 1. The third-order valence-corrected chi connectivity index (χ3v) is 5.19. The van der Waals surface area contributed by atoms with Crippen molar-refractivity contribution < 1.29 is 27.1 Å². The zero-order chi connectivity index (χ0) is 19.8. The van der Waals surface area contributed by atoms with Crippen LogP contribution in [-0.4, -0.2) is 27.3 Å². The summed E-state index contributed by atoms with van der Waals surface area (Å²) < 4.78 is 50.9. The lowest BCUT2D eigenvalue weighted by Gasteiger charge is -2.06. The smallest absolute Gasteiger partial charge is 0.451 e. The normalized spacial score (nSPS) is 11.9. The first kappa shape index (κ1) is 19.7. The molecule has 0 aliphatic heterocycles. The summed E-state index contributed by atoms with van der Waals surface area (Å²) >= 11 is 4.38. The van der Waals surface area contributed by atoms with E-state index in [4.69, 9.17) is 9.15 Å². The molecule has 0 aliphatic rings. The largest absolute Gasteiger partial charge is 0.460 e. The highest BCUT2D eigenvalue weighted by atomic mass is 79.9. The van der Waals surface area contributed by atoms with Gasteiger partial charge in [-0.2, -0.15) is 13.2 Å². The second kappa shape index (κ2) is 7.55. The third kappa shape index (κ3) is 3.98. The van der Waals surface area contributed by atoms with Gasteiger partial charge < -0.3 is 13.7 Å². The number of nitrogens with zero attached hydrogens (tertiary/aromatic N) is 3. The van der Waals surface area contributed by atoms with Gasteiger partial charge in [-0.05, 0) is 25.1 Å². The van der Waals surface area contributed by atoms with Crippen molar-refractivity contribution in [2.24, 2.45) is 7.05 Å². The summed E-state index contributed by atoms with van der Waals surface area (Å²) in [5.41, 5.74) is 0.997. The Balaban J connectivity index is 1.96. The number of fused-ring (bicyclic) bond motifs is 1. The second-order valence-corrected chi connectivity index (χ2v) is 7.28. The lowest BCUT2D eigenvalue weighted by molar-refractivity contribution is -0.147. The number of hydrogen-bond donors (Lipinski definition) is 0. The van der Waals surface area contributed by atoms with Crippen molar-refractivity contribution >= 4 is 44.6 Å². The van der Waals surface area contributed by atoms with Crippen LogP contribution >= 0.6 is 27.7 Å². The molecule has 0 atom stereocenters. The van der Waals surface area contributed by atoms with E-state index >= 15 is 0 Å². The van der Waals surface area contributed by atoms with Crippen LogP contribution in [0.15, 0.2) is 32.2 Å². The van der Waals surface area contributed by atoms with Crippen LogP contribution in [-0.2, 0) is 23.7 Å². The maximum absolute atomic E-state index is 12.9. The summed E-state index contributed by atoms with van der Waals surface area (Å²) in [6, 6.07) is 5.23. The molecule has 0 saturated heterocycles. The average Bonchev–Trinajstić information content (AvgIpc) is 3.13. The van der Waals surface area contributed by atoms with Crippen LogP contribution in [0, 0.1) is 0 Å². The molecule has 0 bridgehead atoms. The standard InChI is InChI=1S/C16H13BrF3N3O3S/c1-3-25-13(24)12-10(9-6-8(17)4-5-11(9)26-12)7-27-15-22-21-14(23(15)2)16(18,19)20/h4-6H,3,7H2,1-2H3. The van der Waals surface area contributed by atoms with E-state index in [0.29, 0.717) is 16.5 Å². The Labute approximate surface area is 164 Å². The third-order valence-electron chi connectivity index (χ3n) is 3.65. The van der Waals surface area contributed by atoms with Gasteiger partial charge in [0.05, 0.1) is 6.61 Å². The number of hydrogen-bond acceptors (Lipinski definition) is 6. The van der Waals surface area contributed by atoms with Crippen molar-refractivity contribution in [2.75, 3.05) is 6.61 Å². The Morgan fingerprint density at radius 1 is 1.37 bits per heavy atom. The van der Waals surface area contributed by atoms with Gasteiger partial charge in [-0.1, -0.05) is 27.7 Å². The van der Waals surface area contributed by atoms with Gasteiger partial charge in [-0.15, -0.1) is 10.2 Å². The van der Waals surface area contributed by atoms with Gasteiger partial charge in [0.25, 0.3) is 0 Å². The molecule has 0 unspecified atom stereocenters. The fraction of sp³-hybridized carbons (Fsp3) is 0.312. The fourth-order valence-electron chi connectivity index (χ4n) is 2.45. The molecular formula is C16H13BrF3N3O3S. The van der Waals surface area contributed by atoms with Crippen LogP contribution in [0.1, 0.15) is 28.9 Å². The van der Waals surface area contributed by atoms with E-state index in [9.17, 15) is 18.0 Å². The number of ether oxygens (including phenoxy) is 1. The molecule has 11 heteroatoms. The van der Waals surface area contributed by atoms with E-state index in [2.05, 4.69) is 26.1 Å². The van der Waals surface area contributed by atoms with E-state index in [1.807, 2.05) is 0 Å². The number of halogens is 4. The molecule has 1 aromatic carbocycles. The van der Waals surface area contributed by atoms with E-state index in [1.54, 1.807) is 25.1 Å². The first-order valence-electron chi connectivity index (χ1n) is 7.69. The number of aromatic nitrogens is 3. The lowest BCUT2D eigenvalue weighted by Crippen LogP contribution is -2.13. The Kier molecular flexibility index (Phi) is 5.52. The van der Waals surface area contributed by atoms with E-state index in [1.165, 1.54) is 7.05 Å². The molecule has 27 heavy (non-hydrogen) atoms. The SMILES string of the molecule is CCOC(=O)c1oc2ccc(Br)cc2c1CSc1nnc(C(F)(F)F)n1C. The predicted molar refractivity (Wildman–Crippen MR) is 95.4 cm³/mol. The van der Waals surface area contributed by atoms with E-state index in [0.717, 1.165) is 20.8 Å². The van der Waals surface area contributed by atoms with E-state index < -0.39 is 18.0 Å². The molecule has 2 aromatic heterocycles. The molecule has 0 saturated carbocycles. The van der Waals surface area contributed by atoms with Crippen LogP contribution in [0.25, 0.3) is 11.0 Å². The molecular weight excluding hydrogens is 451 g/mol. The Bertz CT molecular complexity index is 1000. The predicted octanol–water partition coefficient (Wildman–Crippen LogP) is 4.81. The van der Waals surface area contributed by atoms with E-state index in [-0.39, 0.29) is 23.3 Å². The molecule has 3 aromatic rings. The summed E-state index contributed by atoms with van der Waals surface area (Å²) in [5.74, 6) is -1.54. The van der Waals surface area contributed by atoms with Crippen LogP contribution < -0.4 is 0 Å². The number of esters is 1. The molecule has 0 radical (unpaired) electrons. The average molecular weight is 464 g/mol. The van der Waals surface area contributed by atoms with Gasteiger partial charge in [-0.3, -0.25) is 0 Å². The maximum atomic E-state index is 12.9. The topological polar surface area (TPSA) is 70.2 Å². The van der Waals surface area contributed by atoms with Crippen LogP contribution in [0.2, 0.25) is 0 Å². The summed E-state index contributed by atoms with van der Waals surface area (Å²) in [4.78, 5) is 12.2. The quantitative estimate of drug-likeness (QED) is 0.399. The van der Waals surface area contributed by atoms with Crippen molar-refractivity contribution in [1.82, 2.24) is 14.8 Å². The molecule has 3 rings (SSSR count). The number of carbonyl (C=O) groups excluding carboxylic acids is 1. The molecule has 144 valence electrons. The maximum Gasteiger partial charge on any atom is 0.451 e. The minimum absolute atomic E-state index is 0.0238. The molecule has 0 amide bonds.